The van der Waals surface area contributed by atoms with Gasteiger partial charge in [-0.3, -0.25) is 0 Å². The Morgan fingerprint density at radius 2 is 1.11 bits per heavy atom. The van der Waals surface area contributed by atoms with Crippen LogP contribution < -0.4 is 0 Å². The monoisotopic (exact) mass is 346 g/mol. The van der Waals surface area contributed by atoms with Crippen LogP contribution >= 0.6 is 21.4 Å². The minimum Gasteiger partial charge on any atom is -0.473 e. The van der Waals surface area contributed by atoms with Crippen LogP contribution in [0.1, 0.15) is 12.8 Å². The van der Waals surface area contributed by atoms with Gasteiger partial charge in [0.15, 0.2) is 0 Å². The quantitative estimate of drug-likeness (QED) is 0.498. The standard InChI is InChI=1S/C10H12Cl2O5S2/c11-18(13,14)9-5-1-3-7-17-8-4-2-6-10-19(12,15)16/h3-10H,1-2H2. The lowest BCUT2D eigenvalue weighted by Crippen LogP contribution is -1.78. The SMILES string of the molecule is O=S(=O)(Cl)C=CCC=COC=CCC=CS(=O)(=O)Cl. The first-order chi connectivity index (χ1) is 8.71. The van der Waals surface area contributed by atoms with E-state index in [1.165, 1.54) is 24.7 Å². The maximum atomic E-state index is 10.5. The van der Waals surface area contributed by atoms with Gasteiger partial charge in [0.05, 0.1) is 12.5 Å². The maximum Gasteiger partial charge on any atom is 0.254 e. The lowest BCUT2D eigenvalue weighted by Gasteiger charge is -1.88. The molecule has 19 heavy (non-hydrogen) atoms. The molecule has 0 saturated heterocycles. The van der Waals surface area contributed by atoms with E-state index in [1.807, 2.05) is 0 Å². The molecule has 0 unspecified atom stereocenters. The smallest absolute Gasteiger partial charge is 0.254 e. The van der Waals surface area contributed by atoms with E-state index in [0.29, 0.717) is 12.8 Å². The predicted molar refractivity (Wildman–Crippen MR) is 76.4 cm³/mol. The number of halogens is 2. The largest absolute Gasteiger partial charge is 0.473 e. The summed E-state index contributed by atoms with van der Waals surface area (Å²) >= 11 is 0. The average molecular weight is 347 g/mol. The molecule has 5 nitrogen and oxygen atoms in total. The summed E-state index contributed by atoms with van der Waals surface area (Å²) < 4.78 is 46.9. The van der Waals surface area contributed by atoms with Crippen molar-refractivity contribution in [1.29, 1.82) is 0 Å². The highest BCUT2D eigenvalue weighted by atomic mass is 35.7. The second kappa shape index (κ2) is 9.19. The van der Waals surface area contributed by atoms with Gasteiger partial charge in [-0.05, 0) is 25.0 Å². The molecule has 0 aliphatic heterocycles. The van der Waals surface area contributed by atoms with Crippen LogP contribution in [0.4, 0.5) is 0 Å². The third-order valence-corrected chi connectivity index (χ3v) is 3.06. The summed E-state index contributed by atoms with van der Waals surface area (Å²) in [5.74, 6) is 0. The van der Waals surface area contributed by atoms with Crippen LogP contribution in [0.3, 0.4) is 0 Å². The molecule has 0 saturated carbocycles. The fourth-order valence-electron chi connectivity index (χ4n) is 0.766. The van der Waals surface area contributed by atoms with Crippen LogP contribution in [-0.4, -0.2) is 16.8 Å². The second-order valence-electron chi connectivity index (χ2n) is 3.05. The van der Waals surface area contributed by atoms with Crippen molar-refractivity contribution in [3.63, 3.8) is 0 Å². The Bertz CT molecular complexity index is 519. The van der Waals surface area contributed by atoms with Crippen molar-refractivity contribution in [1.82, 2.24) is 0 Å². The summed E-state index contributed by atoms with van der Waals surface area (Å²) in [5.41, 5.74) is 0. The lowest BCUT2D eigenvalue weighted by atomic mass is 10.4. The van der Waals surface area contributed by atoms with Gasteiger partial charge in [-0.1, -0.05) is 12.2 Å². The Balaban J connectivity index is 3.80. The molecule has 9 heteroatoms. The van der Waals surface area contributed by atoms with Crippen molar-refractivity contribution in [3.8, 4) is 0 Å². The Morgan fingerprint density at radius 3 is 1.42 bits per heavy atom. The van der Waals surface area contributed by atoms with E-state index >= 15 is 0 Å². The van der Waals surface area contributed by atoms with E-state index in [1.54, 1.807) is 12.2 Å². The zero-order chi connectivity index (χ0) is 14.8. The summed E-state index contributed by atoms with van der Waals surface area (Å²) in [5, 5.41) is 1.76. The van der Waals surface area contributed by atoms with E-state index in [-0.39, 0.29) is 0 Å². The Labute approximate surface area is 121 Å². The van der Waals surface area contributed by atoms with E-state index < -0.39 is 18.1 Å². The molecule has 0 amide bonds. The number of hydrogen-bond acceptors (Lipinski definition) is 5. The number of ether oxygens (including phenoxy) is 1. The minimum atomic E-state index is -3.61. The third-order valence-electron chi connectivity index (χ3n) is 1.41. The van der Waals surface area contributed by atoms with Gasteiger partial charge in [0.2, 0.25) is 0 Å². The van der Waals surface area contributed by atoms with Crippen LogP contribution in [0.25, 0.3) is 0 Å². The van der Waals surface area contributed by atoms with Crippen molar-refractivity contribution in [3.05, 3.63) is 47.6 Å². The van der Waals surface area contributed by atoms with Crippen LogP contribution in [-0.2, 0) is 22.8 Å². The van der Waals surface area contributed by atoms with E-state index in [9.17, 15) is 16.8 Å². The van der Waals surface area contributed by atoms with E-state index in [2.05, 4.69) is 0 Å². The van der Waals surface area contributed by atoms with Gasteiger partial charge in [-0.2, -0.15) is 0 Å². The molecular formula is C10H12Cl2O5S2. The summed E-state index contributed by atoms with van der Waals surface area (Å²) in [6.07, 6.45) is 9.27. The van der Waals surface area contributed by atoms with E-state index in [0.717, 1.165) is 10.8 Å². The molecule has 0 radical (unpaired) electrons. The summed E-state index contributed by atoms with van der Waals surface area (Å²) in [7, 11) is 2.66. The summed E-state index contributed by atoms with van der Waals surface area (Å²) in [6, 6.07) is 0. The van der Waals surface area contributed by atoms with Crippen LogP contribution in [0.2, 0.25) is 0 Å². The molecule has 0 bridgehead atoms. The van der Waals surface area contributed by atoms with Crippen molar-refractivity contribution in [2.75, 3.05) is 0 Å². The predicted octanol–water partition coefficient (Wildman–Crippen LogP) is 2.98. The third kappa shape index (κ3) is 17.2. The first-order valence-electron chi connectivity index (χ1n) is 4.88. The van der Waals surface area contributed by atoms with Crippen molar-refractivity contribution in [2.24, 2.45) is 0 Å². The number of rotatable bonds is 8. The van der Waals surface area contributed by atoms with Gasteiger partial charge in [0, 0.05) is 32.2 Å². The fraction of sp³-hybridized carbons (Fsp3) is 0.200. The number of allylic oxidation sites excluding steroid dienone is 4. The number of hydrogen-bond donors (Lipinski definition) is 0. The highest BCUT2D eigenvalue weighted by Gasteiger charge is 1.94. The molecule has 0 aromatic rings. The topological polar surface area (TPSA) is 77.5 Å². The molecule has 0 aliphatic rings. The molecule has 0 heterocycles. The lowest BCUT2D eigenvalue weighted by molar-refractivity contribution is 0.400. The van der Waals surface area contributed by atoms with Crippen molar-refractivity contribution in [2.45, 2.75) is 12.8 Å². The normalized spacial score (nSPS) is 14.2. The molecule has 0 aliphatic carbocycles. The summed E-state index contributed by atoms with van der Waals surface area (Å²) in [6.45, 7) is 0. The molecule has 0 aromatic heterocycles. The molecule has 0 fully saturated rings. The van der Waals surface area contributed by atoms with E-state index in [4.69, 9.17) is 26.1 Å². The Hall–Kier alpha value is -0.760. The fourth-order valence-corrected chi connectivity index (χ4v) is 1.88. The molecule has 108 valence electrons. The van der Waals surface area contributed by atoms with Gasteiger partial charge in [0.25, 0.3) is 18.1 Å². The molecule has 0 aromatic carbocycles. The van der Waals surface area contributed by atoms with Gasteiger partial charge < -0.3 is 4.74 Å². The molecular weight excluding hydrogens is 335 g/mol. The average Bonchev–Trinajstić information content (AvgIpc) is 2.22. The maximum absolute atomic E-state index is 10.5. The minimum absolute atomic E-state index is 0.351. The first-order valence-corrected chi connectivity index (χ1v) is 9.63. The zero-order valence-electron chi connectivity index (χ0n) is 9.65. The van der Waals surface area contributed by atoms with Gasteiger partial charge >= 0.3 is 0 Å². The van der Waals surface area contributed by atoms with Crippen molar-refractivity contribution < 1.29 is 21.6 Å². The van der Waals surface area contributed by atoms with Gasteiger partial charge in [0.1, 0.15) is 0 Å². The highest BCUT2D eigenvalue weighted by molar-refractivity contribution is 8.16. The molecule has 0 atom stereocenters. The Kier molecular flexibility index (Phi) is 8.82. The van der Waals surface area contributed by atoms with Crippen molar-refractivity contribution >= 4 is 39.5 Å². The van der Waals surface area contributed by atoms with Gasteiger partial charge in [-0.25, -0.2) is 16.8 Å². The van der Waals surface area contributed by atoms with Crippen LogP contribution in [0.15, 0.2) is 47.6 Å². The molecule has 0 spiro atoms. The highest BCUT2D eigenvalue weighted by Crippen LogP contribution is 2.00. The van der Waals surface area contributed by atoms with Crippen LogP contribution in [0.5, 0.6) is 0 Å². The molecule has 0 N–H and O–H groups in total. The zero-order valence-corrected chi connectivity index (χ0v) is 12.8. The summed E-state index contributed by atoms with van der Waals surface area (Å²) in [4.78, 5) is 0. The second-order valence-corrected chi connectivity index (χ2v) is 8.07. The van der Waals surface area contributed by atoms with Gasteiger partial charge in [-0.15, -0.1) is 0 Å². The molecule has 0 rings (SSSR count). The Morgan fingerprint density at radius 1 is 0.737 bits per heavy atom. The van der Waals surface area contributed by atoms with Crippen LogP contribution in [0, 0.1) is 0 Å². The first kappa shape index (κ1) is 18.2.